The van der Waals surface area contributed by atoms with Gasteiger partial charge in [0.2, 0.25) is 0 Å². The van der Waals surface area contributed by atoms with Crippen LogP contribution in [0.2, 0.25) is 0 Å². The molecule has 7 heteroatoms. The van der Waals surface area contributed by atoms with Crippen LogP contribution in [-0.4, -0.2) is 34.0 Å². The molecule has 0 atom stereocenters. The monoisotopic (exact) mass is 251 g/mol. The van der Waals surface area contributed by atoms with E-state index in [0.29, 0.717) is 30.2 Å². The van der Waals surface area contributed by atoms with Crippen molar-refractivity contribution in [3.8, 4) is 17.1 Å². The fourth-order valence-electron chi connectivity index (χ4n) is 1.64. The van der Waals surface area contributed by atoms with E-state index in [1.165, 1.54) is 0 Å². The number of nitrogens with two attached hydrogens (primary N) is 1. The summed E-state index contributed by atoms with van der Waals surface area (Å²) in [7, 11) is 1.55. The molecule has 2 N–H and O–H groups in total. The Labute approximate surface area is 104 Å². The SMILES string of the molecule is COc1ccc(-c2nnnn2CCCF)cc1N. The lowest BCUT2D eigenvalue weighted by Gasteiger charge is -2.07. The van der Waals surface area contributed by atoms with Gasteiger partial charge in [-0.2, -0.15) is 0 Å². The second-order valence-electron chi connectivity index (χ2n) is 3.72. The summed E-state index contributed by atoms with van der Waals surface area (Å²) in [5.74, 6) is 1.17. The van der Waals surface area contributed by atoms with Crippen molar-refractivity contribution in [3.05, 3.63) is 18.2 Å². The van der Waals surface area contributed by atoms with Crippen molar-refractivity contribution < 1.29 is 9.13 Å². The zero-order valence-corrected chi connectivity index (χ0v) is 10.0. The molecule has 2 rings (SSSR count). The fraction of sp³-hybridized carbons (Fsp3) is 0.364. The number of rotatable bonds is 5. The van der Waals surface area contributed by atoms with E-state index in [0.717, 1.165) is 5.56 Å². The van der Waals surface area contributed by atoms with Gasteiger partial charge < -0.3 is 10.5 Å². The molecular formula is C11H14FN5O. The van der Waals surface area contributed by atoms with Gasteiger partial charge in [-0.15, -0.1) is 5.10 Å². The average molecular weight is 251 g/mol. The van der Waals surface area contributed by atoms with Gasteiger partial charge in [0.25, 0.3) is 0 Å². The Morgan fingerprint density at radius 2 is 2.28 bits per heavy atom. The molecule has 6 nitrogen and oxygen atoms in total. The average Bonchev–Trinajstić information content (AvgIpc) is 2.84. The summed E-state index contributed by atoms with van der Waals surface area (Å²) < 4.78 is 18.8. The van der Waals surface area contributed by atoms with Crippen LogP contribution in [0, 0.1) is 0 Å². The van der Waals surface area contributed by atoms with Gasteiger partial charge in [0, 0.05) is 12.1 Å². The predicted molar refractivity (Wildman–Crippen MR) is 64.8 cm³/mol. The lowest BCUT2D eigenvalue weighted by atomic mass is 10.2. The maximum atomic E-state index is 12.2. The first-order chi connectivity index (χ1) is 8.76. The van der Waals surface area contributed by atoms with Crippen LogP contribution in [0.5, 0.6) is 5.75 Å². The number of benzene rings is 1. The Hall–Kier alpha value is -2.18. The van der Waals surface area contributed by atoms with E-state index in [1.807, 2.05) is 6.07 Å². The molecule has 1 aromatic carbocycles. The van der Waals surface area contributed by atoms with E-state index in [2.05, 4.69) is 15.5 Å². The zero-order valence-electron chi connectivity index (χ0n) is 10.0. The summed E-state index contributed by atoms with van der Waals surface area (Å²) in [5, 5.41) is 11.3. The minimum absolute atomic E-state index is 0.379. The molecule has 1 heterocycles. The van der Waals surface area contributed by atoms with Gasteiger partial charge in [-0.3, -0.25) is 4.39 Å². The van der Waals surface area contributed by atoms with Crippen LogP contribution in [0.15, 0.2) is 18.2 Å². The maximum absolute atomic E-state index is 12.2. The number of nitrogen functional groups attached to an aromatic ring is 1. The van der Waals surface area contributed by atoms with E-state index in [1.54, 1.807) is 23.9 Å². The largest absolute Gasteiger partial charge is 0.495 e. The second kappa shape index (κ2) is 5.44. The number of hydrogen-bond acceptors (Lipinski definition) is 5. The first kappa shape index (κ1) is 12.3. The van der Waals surface area contributed by atoms with E-state index in [9.17, 15) is 4.39 Å². The van der Waals surface area contributed by atoms with Crippen molar-refractivity contribution in [1.82, 2.24) is 20.2 Å². The summed E-state index contributed by atoms with van der Waals surface area (Å²) in [5.41, 5.74) is 7.11. The fourth-order valence-corrected chi connectivity index (χ4v) is 1.64. The van der Waals surface area contributed by atoms with Crippen molar-refractivity contribution in [2.24, 2.45) is 0 Å². The molecule has 0 aliphatic carbocycles. The minimum atomic E-state index is -0.399. The Kier molecular flexibility index (Phi) is 3.71. The number of hydrogen-bond donors (Lipinski definition) is 1. The van der Waals surface area contributed by atoms with Crippen LogP contribution in [0.3, 0.4) is 0 Å². The number of tetrazole rings is 1. The van der Waals surface area contributed by atoms with Crippen LogP contribution in [0.25, 0.3) is 11.4 Å². The molecule has 0 aliphatic heterocycles. The number of aryl methyl sites for hydroxylation is 1. The Bertz CT molecular complexity index is 528. The molecule has 0 saturated heterocycles. The lowest BCUT2D eigenvalue weighted by molar-refractivity contribution is 0.417. The normalized spacial score (nSPS) is 10.6. The van der Waals surface area contributed by atoms with Crippen LogP contribution in [0.4, 0.5) is 10.1 Å². The molecule has 0 radical (unpaired) electrons. The minimum Gasteiger partial charge on any atom is -0.495 e. The summed E-state index contributed by atoms with van der Waals surface area (Å²) in [6, 6.07) is 5.29. The Balaban J connectivity index is 2.31. The van der Waals surface area contributed by atoms with Crippen LogP contribution in [-0.2, 0) is 6.54 Å². The van der Waals surface area contributed by atoms with E-state index in [4.69, 9.17) is 10.5 Å². The van der Waals surface area contributed by atoms with Crippen molar-refractivity contribution >= 4 is 5.69 Å². The summed E-state index contributed by atoms with van der Waals surface area (Å²) in [4.78, 5) is 0. The molecule has 0 spiro atoms. The third-order valence-corrected chi connectivity index (χ3v) is 2.52. The third kappa shape index (κ3) is 2.39. The third-order valence-electron chi connectivity index (χ3n) is 2.52. The van der Waals surface area contributed by atoms with Gasteiger partial charge in [0.1, 0.15) is 5.75 Å². The summed E-state index contributed by atoms with van der Waals surface area (Å²) >= 11 is 0. The quantitative estimate of drug-likeness (QED) is 0.810. The smallest absolute Gasteiger partial charge is 0.182 e. The van der Waals surface area contributed by atoms with Crippen LogP contribution < -0.4 is 10.5 Å². The molecule has 0 bridgehead atoms. The number of aromatic nitrogens is 4. The Morgan fingerprint density at radius 3 is 2.94 bits per heavy atom. The van der Waals surface area contributed by atoms with Gasteiger partial charge in [-0.25, -0.2) is 4.68 Å². The molecule has 0 fully saturated rings. The first-order valence-electron chi connectivity index (χ1n) is 5.52. The topological polar surface area (TPSA) is 78.9 Å². The Morgan fingerprint density at radius 1 is 1.44 bits per heavy atom. The summed E-state index contributed by atoms with van der Waals surface area (Å²) in [6.45, 7) is 0.0365. The molecule has 0 unspecified atom stereocenters. The molecule has 18 heavy (non-hydrogen) atoms. The molecular weight excluding hydrogens is 237 g/mol. The summed E-state index contributed by atoms with van der Waals surface area (Å²) in [6.07, 6.45) is 0.379. The van der Waals surface area contributed by atoms with E-state index in [-0.39, 0.29) is 0 Å². The molecule has 1 aromatic heterocycles. The number of halogens is 1. The highest BCUT2D eigenvalue weighted by molar-refractivity contribution is 5.66. The second-order valence-corrected chi connectivity index (χ2v) is 3.72. The standard InChI is InChI=1S/C11H14FN5O/c1-18-10-4-3-8(7-9(10)13)11-14-15-16-17(11)6-2-5-12/h3-4,7H,2,5-6,13H2,1H3. The van der Waals surface area contributed by atoms with Crippen molar-refractivity contribution in [3.63, 3.8) is 0 Å². The van der Waals surface area contributed by atoms with Gasteiger partial charge in [0.15, 0.2) is 5.82 Å². The molecule has 0 saturated carbocycles. The van der Waals surface area contributed by atoms with Crippen molar-refractivity contribution in [1.29, 1.82) is 0 Å². The highest BCUT2D eigenvalue weighted by Crippen LogP contribution is 2.26. The lowest BCUT2D eigenvalue weighted by Crippen LogP contribution is -2.04. The number of ether oxygens (including phenoxy) is 1. The molecule has 2 aromatic rings. The van der Waals surface area contributed by atoms with Gasteiger partial charge in [-0.1, -0.05) is 0 Å². The van der Waals surface area contributed by atoms with Crippen molar-refractivity contribution in [2.75, 3.05) is 19.5 Å². The van der Waals surface area contributed by atoms with Gasteiger partial charge in [-0.05, 0) is 35.0 Å². The highest BCUT2D eigenvalue weighted by atomic mass is 19.1. The first-order valence-corrected chi connectivity index (χ1v) is 5.52. The van der Waals surface area contributed by atoms with Crippen LogP contribution >= 0.6 is 0 Å². The number of methoxy groups -OCH3 is 1. The number of alkyl halides is 1. The number of anilines is 1. The van der Waals surface area contributed by atoms with Gasteiger partial charge in [0.05, 0.1) is 19.5 Å². The highest BCUT2D eigenvalue weighted by Gasteiger charge is 2.10. The molecule has 96 valence electrons. The van der Waals surface area contributed by atoms with E-state index >= 15 is 0 Å². The van der Waals surface area contributed by atoms with Crippen LogP contribution in [0.1, 0.15) is 6.42 Å². The maximum Gasteiger partial charge on any atom is 0.182 e. The van der Waals surface area contributed by atoms with E-state index < -0.39 is 6.67 Å². The zero-order chi connectivity index (χ0) is 13.0. The van der Waals surface area contributed by atoms with Gasteiger partial charge >= 0.3 is 0 Å². The van der Waals surface area contributed by atoms with Crippen molar-refractivity contribution in [2.45, 2.75) is 13.0 Å². The molecule has 0 amide bonds. The predicted octanol–water partition coefficient (Wildman–Crippen LogP) is 1.29. The number of nitrogens with zero attached hydrogens (tertiary/aromatic N) is 4. The molecule has 0 aliphatic rings.